The van der Waals surface area contributed by atoms with Gasteiger partial charge in [0.2, 0.25) is 5.91 Å². The Bertz CT molecular complexity index is 304. The Labute approximate surface area is 77.2 Å². The number of hydrogen-bond donors (Lipinski definition) is 1. The van der Waals surface area contributed by atoms with E-state index in [4.69, 9.17) is 0 Å². The van der Waals surface area contributed by atoms with E-state index < -0.39 is 0 Å². The van der Waals surface area contributed by atoms with Gasteiger partial charge < -0.3 is 5.32 Å². The number of allylic oxidation sites excluding steroid dienone is 2. The van der Waals surface area contributed by atoms with Crippen molar-refractivity contribution in [1.82, 2.24) is 5.32 Å². The topological polar surface area (TPSA) is 46.2 Å². The van der Waals surface area contributed by atoms with E-state index in [2.05, 4.69) is 5.32 Å². The summed E-state index contributed by atoms with van der Waals surface area (Å²) in [7, 11) is 0. The van der Waals surface area contributed by atoms with E-state index in [9.17, 15) is 9.59 Å². The molecule has 3 nitrogen and oxygen atoms in total. The lowest BCUT2D eigenvalue weighted by Gasteiger charge is -2.27. The zero-order chi connectivity index (χ0) is 9.42. The van der Waals surface area contributed by atoms with E-state index in [-0.39, 0.29) is 11.7 Å². The first-order valence-electron chi connectivity index (χ1n) is 4.72. The third-order valence-corrected chi connectivity index (χ3v) is 2.68. The van der Waals surface area contributed by atoms with Gasteiger partial charge in [-0.3, -0.25) is 9.59 Å². The highest BCUT2D eigenvalue weighted by atomic mass is 16.2. The first-order chi connectivity index (χ1) is 6.16. The minimum atomic E-state index is 0.0562. The van der Waals surface area contributed by atoms with E-state index in [0.717, 1.165) is 17.7 Å². The molecule has 13 heavy (non-hydrogen) atoms. The second-order valence-corrected chi connectivity index (χ2v) is 3.94. The summed E-state index contributed by atoms with van der Waals surface area (Å²) < 4.78 is 0. The minimum absolute atomic E-state index is 0.0562. The number of carbonyl (C=O) groups is 2. The molecule has 2 aliphatic rings. The quantitative estimate of drug-likeness (QED) is 0.606. The number of nitrogens with one attached hydrogen (secondary N) is 1. The molecule has 1 atom stereocenters. The van der Waals surface area contributed by atoms with Gasteiger partial charge in [0.1, 0.15) is 0 Å². The molecule has 1 heterocycles. The van der Waals surface area contributed by atoms with Gasteiger partial charge in [0, 0.05) is 24.1 Å². The molecule has 0 radical (unpaired) electrons. The van der Waals surface area contributed by atoms with Crippen molar-refractivity contribution in [3.63, 3.8) is 0 Å². The first-order valence-corrected chi connectivity index (χ1v) is 4.72. The van der Waals surface area contributed by atoms with Gasteiger partial charge in [-0.25, -0.2) is 0 Å². The van der Waals surface area contributed by atoms with E-state index in [1.807, 2.05) is 6.92 Å². The largest absolute Gasteiger partial charge is 0.329 e. The molecular weight excluding hydrogens is 166 g/mol. The van der Waals surface area contributed by atoms with Crippen molar-refractivity contribution in [2.75, 3.05) is 0 Å². The summed E-state index contributed by atoms with van der Waals surface area (Å²) in [5.41, 5.74) is 1.76. The summed E-state index contributed by atoms with van der Waals surface area (Å²) in [5, 5.41) is 2.80. The van der Waals surface area contributed by atoms with Crippen LogP contribution in [0.4, 0.5) is 0 Å². The summed E-state index contributed by atoms with van der Waals surface area (Å²) in [4.78, 5) is 22.6. The number of rotatable bonds is 0. The van der Waals surface area contributed by atoms with Gasteiger partial charge >= 0.3 is 0 Å². The molecule has 0 bridgehead atoms. The molecule has 2 rings (SSSR count). The van der Waals surface area contributed by atoms with Crippen LogP contribution in [-0.2, 0) is 9.59 Å². The highest BCUT2D eigenvalue weighted by Crippen LogP contribution is 2.29. The maximum absolute atomic E-state index is 11.5. The lowest BCUT2D eigenvalue weighted by Crippen LogP contribution is -2.34. The Balaban J connectivity index is 2.29. The number of hydrogen-bond acceptors (Lipinski definition) is 2. The standard InChI is InChI=1S/C10H13NO2/c1-6-4-8-7(9(12)5-6)2-3-10(13)11-8/h6H,2-5H2,1H3,(H,11,13)/t6-/m1/s1. The number of carbonyl (C=O) groups excluding carboxylic acids is 2. The maximum Gasteiger partial charge on any atom is 0.224 e. The zero-order valence-corrected chi connectivity index (χ0v) is 7.72. The molecule has 1 aliphatic carbocycles. The number of amides is 1. The Morgan fingerprint density at radius 2 is 2.00 bits per heavy atom. The molecule has 70 valence electrons. The van der Waals surface area contributed by atoms with Crippen LogP contribution in [0.2, 0.25) is 0 Å². The molecular formula is C10H13NO2. The highest BCUT2D eigenvalue weighted by molar-refractivity contribution is 5.99. The molecule has 3 heteroatoms. The molecule has 0 saturated heterocycles. The Morgan fingerprint density at radius 1 is 1.23 bits per heavy atom. The average molecular weight is 179 g/mol. The minimum Gasteiger partial charge on any atom is -0.329 e. The fraction of sp³-hybridized carbons (Fsp3) is 0.600. The van der Waals surface area contributed by atoms with Gasteiger partial charge in [-0.2, -0.15) is 0 Å². The van der Waals surface area contributed by atoms with Crippen molar-refractivity contribution in [2.24, 2.45) is 5.92 Å². The van der Waals surface area contributed by atoms with Gasteiger partial charge in [-0.1, -0.05) is 6.92 Å². The van der Waals surface area contributed by atoms with Crippen molar-refractivity contribution < 1.29 is 9.59 Å². The Hall–Kier alpha value is -1.12. The molecule has 0 aromatic heterocycles. The van der Waals surface area contributed by atoms with E-state index in [0.29, 0.717) is 25.2 Å². The fourth-order valence-electron chi connectivity index (χ4n) is 2.04. The average Bonchev–Trinajstić information content (AvgIpc) is 2.02. The summed E-state index contributed by atoms with van der Waals surface area (Å²) in [5.74, 6) is 0.666. The molecule has 1 amide bonds. The summed E-state index contributed by atoms with van der Waals surface area (Å²) in [6.45, 7) is 2.04. The van der Waals surface area contributed by atoms with E-state index >= 15 is 0 Å². The van der Waals surface area contributed by atoms with Gasteiger partial charge in [-0.05, 0) is 18.8 Å². The predicted octanol–water partition coefficient (Wildman–Crippen LogP) is 1.15. The Kier molecular flexibility index (Phi) is 1.94. The molecule has 1 aliphatic heterocycles. The highest BCUT2D eigenvalue weighted by Gasteiger charge is 2.28. The monoisotopic (exact) mass is 179 g/mol. The smallest absolute Gasteiger partial charge is 0.224 e. The predicted molar refractivity (Wildman–Crippen MR) is 47.8 cm³/mol. The van der Waals surface area contributed by atoms with Crippen LogP contribution < -0.4 is 5.32 Å². The van der Waals surface area contributed by atoms with Crippen LogP contribution in [0, 0.1) is 5.92 Å². The molecule has 0 aromatic rings. The second-order valence-electron chi connectivity index (χ2n) is 3.94. The lowest BCUT2D eigenvalue weighted by atomic mass is 9.84. The second kappa shape index (κ2) is 2.98. The summed E-state index contributed by atoms with van der Waals surface area (Å²) >= 11 is 0. The van der Waals surface area contributed by atoms with Crippen molar-refractivity contribution in [2.45, 2.75) is 32.6 Å². The number of Topliss-reactive ketones (excluding diaryl/α,β-unsaturated/α-hetero) is 1. The molecule has 0 saturated carbocycles. The Morgan fingerprint density at radius 3 is 2.77 bits per heavy atom. The summed E-state index contributed by atoms with van der Waals surface area (Å²) in [6, 6.07) is 0. The molecule has 1 N–H and O–H groups in total. The van der Waals surface area contributed by atoms with Gasteiger partial charge in [-0.15, -0.1) is 0 Å². The molecule has 0 spiro atoms. The third-order valence-electron chi connectivity index (χ3n) is 2.68. The zero-order valence-electron chi connectivity index (χ0n) is 7.72. The van der Waals surface area contributed by atoms with Crippen LogP contribution >= 0.6 is 0 Å². The van der Waals surface area contributed by atoms with Crippen molar-refractivity contribution >= 4 is 11.7 Å². The van der Waals surface area contributed by atoms with Gasteiger partial charge in [0.15, 0.2) is 5.78 Å². The van der Waals surface area contributed by atoms with E-state index in [1.165, 1.54) is 0 Å². The normalized spacial score (nSPS) is 28.5. The van der Waals surface area contributed by atoms with Gasteiger partial charge in [0.25, 0.3) is 0 Å². The van der Waals surface area contributed by atoms with Crippen LogP contribution in [0.25, 0.3) is 0 Å². The van der Waals surface area contributed by atoms with Crippen molar-refractivity contribution in [3.05, 3.63) is 11.3 Å². The van der Waals surface area contributed by atoms with Crippen LogP contribution in [0.1, 0.15) is 32.6 Å². The van der Waals surface area contributed by atoms with Crippen LogP contribution in [0.3, 0.4) is 0 Å². The summed E-state index contributed by atoms with van der Waals surface area (Å²) in [6.07, 6.45) is 2.62. The van der Waals surface area contributed by atoms with Crippen LogP contribution in [0.15, 0.2) is 11.3 Å². The first kappa shape index (κ1) is 8.48. The molecule has 0 aromatic carbocycles. The maximum atomic E-state index is 11.5. The van der Waals surface area contributed by atoms with Crippen LogP contribution in [-0.4, -0.2) is 11.7 Å². The SMILES string of the molecule is C[C@H]1CC(=O)C2=C(C1)NC(=O)CC2. The van der Waals surface area contributed by atoms with E-state index in [1.54, 1.807) is 0 Å². The molecule has 0 fully saturated rings. The fourth-order valence-corrected chi connectivity index (χ4v) is 2.04. The van der Waals surface area contributed by atoms with Crippen molar-refractivity contribution in [3.8, 4) is 0 Å². The van der Waals surface area contributed by atoms with Gasteiger partial charge in [0.05, 0.1) is 0 Å². The third kappa shape index (κ3) is 1.50. The van der Waals surface area contributed by atoms with Crippen LogP contribution in [0.5, 0.6) is 0 Å². The lowest BCUT2D eigenvalue weighted by molar-refractivity contribution is -0.121. The van der Waals surface area contributed by atoms with Crippen molar-refractivity contribution in [1.29, 1.82) is 0 Å². The number of ketones is 1. The molecule has 0 unspecified atom stereocenters.